The molecule has 2 N–H and O–H groups in total. The highest BCUT2D eigenvalue weighted by molar-refractivity contribution is 7.98. The minimum Gasteiger partial charge on any atom is -0.422 e. The first-order valence-electron chi connectivity index (χ1n) is 12.0. The van der Waals surface area contributed by atoms with Crippen molar-refractivity contribution in [1.82, 2.24) is 25.1 Å². The molecule has 0 radical (unpaired) electrons. The fourth-order valence-corrected chi connectivity index (χ4v) is 4.85. The van der Waals surface area contributed by atoms with Crippen molar-refractivity contribution >= 4 is 69.2 Å². The van der Waals surface area contributed by atoms with Crippen molar-refractivity contribution in [2.75, 3.05) is 41.8 Å². The van der Waals surface area contributed by atoms with E-state index in [2.05, 4.69) is 35.8 Å². The zero-order valence-corrected chi connectivity index (χ0v) is 22.9. The smallest absolute Gasteiger partial charge is 0.349 e. The van der Waals surface area contributed by atoms with Crippen molar-refractivity contribution in [3.63, 3.8) is 0 Å². The topological polar surface area (TPSA) is 144 Å². The summed E-state index contributed by atoms with van der Waals surface area (Å²) in [6.07, 6.45) is 0. The van der Waals surface area contributed by atoms with E-state index in [-0.39, 0.29) is 32.9 Å². The first kappa shape index (κ1) is 26.1. The fourth-order valence-electron chi connectivity index (χ4n) is 3.83. The number of morpholine rings is 1. The molecule has 6 rings (SSSR count). The molecule has 1 aliphatic rings. The number of anilines is 3. The van der Waals surface area contributed by atoms with Gasteiger partial charge in [-0.15, -0.1) is 10.2 Å². The molecule has 202 valence electrons. The lowest BCUT2D eigenvalue weighted by Gasteiger charge is -2.27. The van der Waals surface area contributed by atoms with E-state index in [1.54, 1.807) is 30.3 Å². The maximum atomic E-state index is 12.5. The summed E-state index contributed by atoms with van der Waals surface area (Å²) < 4.78 is 16.6. The van der Waals surface area contributed by atoms with E-state index in [1.807, 2.05) is 29.2 Å². The number of nitrogens with zero attached hydrogens (tertiary/aromatic N) is 6. The molecule has 1 fully saturated rings. The molecule has 3 aromatic heterocycles. The zero-order valence-electron chi connectivity index (χ0n) is 20.5. The van der Waals surface area contributed by atoms with Gasteiger partial charge in [-0.05, 0) is 42.5 Å². The Balaban J connectivity index is 1.26. The van der Waals surface area contributed by atoms with Crippen molar-refractivity contribution < 1.29 is 13.6 Å². The van der Waals surface area contributed by atoms with Crippen LogP contribution in [0.5, 0.6) is 0 Å². The van der Waals surface area contributed by atoms with Crippen LogP contribution in [0.3, 0.4) is 0 Å². The Labute approximate surface area is 241 Å². The fraction of sp³-hybridized carbons (Fsp3) is 0.160. The molecule has 0 saturated carbocycles. The highest BCUT2D eigenvalue weighted by Crippen LogP contribution is 2.29. The van der Waals surface area contributed by atoms with Gasteiger partial charge in [-0.2, -0.15) is 15.0 Å². The monoisotopic (exact) mass is 594 g/mol. The van der Waals surface area contributed by atoms with E-state index in [1.165, 1.54) is 0 Å². The molecule has 12 nitrogen and oxygen atoms in total. The number of rotatable bonds is 6. The summed E-state index contributed by atoms with van der Waals surface area (Å²) in [5.41, 5.74) is 0.746. The number of para-hydroxylation sites is 1. The molecule has 5 aromatic rings. The normalized spacial score (nSPS) is 13.4. The Morgan fingerprint density at radius 2 is 1.82 bits per heavy atom. The third kappa shape index (κ3) is 6.04. The van der Waals surface area contributed by atoms with Gasteiger partial charge in [0.2, 0.25) is 17.1 Å². The van der Waals surface area contributed by atoms with Crippen molar-refractivity contribution in [2.45, 2.75) is 10.4 Å². The lowest BCUT2D eigenvalue weighted by molar-refractivity contribution is 0.122. The molecule has 1 aliphatic heterocycles. The number of benzene rings is 2. The van der Waals surface area contributed by atoms with E-state index < -0.39 is 5.63 Å². The maximum absolute atomic E-state index is 12.5. The summed E-state index contributed by atoms with van der Waals surface area (Å²) >= 11 is 12.5. The van der Waals surface area contributed by atoms with Gasteiger partial charge >= 0.3 is 5.63 Å². The van der Waals surface area contributed by atoms with Crippen molar-refractivity contribution in [1.29, 1.82) is 0 Å². The first-order chi connectivity index (χ1) is 19.5. The number of aromatic nitrogens is 5. The molecule has 0 amide bonds. The molecule has 0 spiro atoms. The Bertz CT molecular complexity index is 1760. The summed E-state index contributed by atoms with van der Waals surface area (Å²) in [4.78, 5) is 28.1. The van der Waals surface area contributed by atoms with Crippen molar-refractivity contribution in [3.05, 3.63) is 70.0 Å². The minimum atomic E-state index is -0.583. The Morgan fingerprint density at radius 3 is 2.67 bits per heavy atom. The van der Waals surface area contributed by atoms with Crippen LogP contribution < -0.4 is 21.2 Å². The average Bonchev–Trinajstić information content (AvgIpc) is 3.41. The van der Waals surface area contributed by atoms with Gasteiger partial charge < -0.3 is 29.1 Å². The molecule has 40 heavy (non-hydrogen) atoms. The van der Waals surface area contributed by atoms with Gasteiger partial charge in [-0.25, -0.2) is 4.79 Å². The molecule has 4 heterocycles. The summed E-state index contributed by atoms with van der Waals surface area (Å²) in [7, 11) is 0. The predicted molar refractivity (Wildman–Crippen MR) is 154 cm³/mol. The third-order valence-electron chi connectivity index (χ3n) is 5.66. The molecule has 0 aliphatic carbocycles. The first-order valence-corrected chi connectivity index (χ1v) is 13.6. The Morgan fingerprint density at radius 1 is 0.975 bits per heavy atom. The van der Waals surface area contributed by atoms with E-state index in [0.717, 1.165) is 17.1 Å². The van der Waals surface area contributed by atoms with Crippen LogP contribution in [0.25, 0.3) is 22.4 Å². The summed E-state index contributed by atoms with van der Waals surface area (Å²) in [6, 6.07) is 16.0. The number of thiocarbonyl (C=S) groups is 1. The quantitative estimate of drug-likeness (QED) is 0.210. The molecule has 15 heteroatoms. The van der Waals surface area contributed by atoms with Gasteiger partial charge in [0.05, 0.1) is 13.2 Å². The molecular formula is C25H19ClN8O4S2. The third-order valence-corrected chi connectivity index (χ3v) is 6.81. The molecule has 0 bridgehead atoms. The molecule has 2 aromatic carbocycles. The van der Waals surface area contributed by atoms with E-state index in [9.17, 15) is 4.79 Å². The van der Waals surface area contributed by atoms with Gasteiger partial charge in [0.25, 0.3) is 11.1 Å². The van der Waals surface area contributed by atoms with Crippen LogP contribution in [-0.4, -0.2) is 56.6 Å². The number of halogens is 1. The Hall–Kier alpha value is -4.11. The average molecular weight is 595 g/mol. The van der Waals surface area contributed by atoms with Crippen molar-refractivity contribution in [2.24, 2.45) is 0 Å². The van der Waals surface area contributed by atoms with Crippen LogP contribution >= 0.6 is 35.6 Å². The molecule has 0 unspecified atom stereocenters. The summed E-state index contributed by atoms with van der Waals surface area (Å²) in [6.45, 7) is 2.32. The number of ether oxygens (including phenoxy) is 1. The Kier molecular flexibility index (Phi) is 7.55. The zero-order chi connectivity index (χ0) is 27.5. The van der Waals surface area contributed by atoms with Crippen LogP contribution in [0, 0.1) is 0 Å². The number of hydrogen-bond acceptors (Lipinski definition) is 12. The summed E-state index contributed by atoms with van der Waals surface area (Å²) in [5, 5.41) is 16.1. The predicted octanol–water partition coefficient (Wildman–Crippen LogP) is 4.48. The maximum Gasteiger partial charge on any atom is 0.349 e. The summed E-state index contributed by atoms with van der Waals surface area (Å²) in [5.74, 6) is 0.673. The van der Waals surface area contributed by atoms with Crippen LogP contribution in [0.2, 0.25) is 5.02 Å². The highest BCUT2D eigenvalue weighted by Gasteiger charge is 2.20. The van der Waals surface area contributed by atoms with Crippen LogP contribution in [0.15, 0.2) is 78.6 Å². The van der Waals surface area contributed by atoms with E-state index >= 15 is 0 Å². The molecular weight excluding hydrogens is 576 g/mol. The highest BCUT2D eigenvalue weighted by atomic mass is 35.5. The number of nitrogens with one attached hydrogen (secondary N) is 2. The van der Waals surface area contributed by atoms with Gasteiger partial charge in [-0.3, -0.25) is 0 Å². The second-order valence-corrected chi connectivity index (χ2v) is 10.2. The second kappa shape index (κ2) is 11.6. The van der Waals surface area contributed by atoms with Crippen LogP contribution in [-0.2, 0) is 4.74 Å². The lowest BCUT2D eigenvalue weighted by Crippen LogP contribution is -2.37. The lowest BCUT2D eigenvalue weighted by atomic mass is 10.2. The minimum absolute atomic E-state index is 0.0229. The van der Waals surface area contributed by atoms with Gasteiger partial charge in [0, 0.05) is 40.9 Å². The van der Waals surface area contributed by atoms with Gasteiger partial charge in [-0.1, -0.05) is 35.9 Å². The van der Waals surface area contributed by atoms with Gasteiger partial charge in [0.1, 0.15) is 11.1 Å². The van der Waals surface area contributed by atoms with Crippen LogP contribution in [0.4, 0.5) is 17.6 Å². The SMILES string of the molecule is O=c1oc2ccccc2cc1-c1nnc(Sc2nc(NC(=S)Nc3cccc(Cl)c3)nc(N3CCOCC3)n2)o1. The number of fused-ring (bicyclic) bond motifs is 1. The van der Waals surface area contributed by atoms with Crippen LogP contribution in [0.1, 0.15) is 0 Å². The second-order valence-electron chi connectivity index (χ2n) is 8.39. The van der Waals surface area contributed by atoms with Gasteiger partial charge in [0.15, 0.2) is 5.11 Å². The van der Waals surface area contributed by atoms with E-state index in [4.69, 9.17) is 37.4 Å². The molecule has 0 atom stereocenters. The van der Waals surface area contributed by atoms with E-state index in [0.29, 0.717) is 48.5 Å². The largest absolute Gasteiger partial charge is 0.422 e. The number of hydrogen-bond donors (Lipinski definition) is 2. The standard InChI is InChI=1S/C25H19ClN8O4S2/c26-15-5-3-6-16(13-15)27-23(39)29-21-28-22(34-8-10-36-11-9-34)31-24(30-21)40-25-33-32-19(38-25)17-12-14-4-1-2-7-18(14)37-20(17)35/h1-7,12-13H,8-11H2,(H2,27,28,29,30,31,39). The van der Waals surface area contributed by atoms with Crippen molar-refractivity contribution in [3.8, 4) is 11.5 Å². The molecule has 1 saturated heterocycles.